The lowest BCUT2D eigenvalue weighted by atomic mass is 10.00. The monoisotopic (exact) mass is 274 g/mol. The van der Waals surface area contributed by atoms with Crippen LogP contribution in [0.15, 0.2) is 18.2 Å². The van der Waals surface area contributed by atoms with E-state index in [0.717, 1.165) is 18.8 Å². The molecule has 1 rings (SSSR count). The molecule has 1 aromatic rings. The van der Waals surface area contributed by atoms with Gasteiger partial charge in [-0.3, -0.25) is 0 Å². The molecule has 0 spiro atoms. The number of hydrogen-bond acceptors (Lipinski definition) is 4. The number of benzene rings is 1. The first-order chi connectivity index (χ1) is 8.87. The number of aromatic hydroxyl groups is 1. The maximum Gasteiger partial charge on any atom is 0.289 e. The van der Waals surface area contributed by atoms with Gasteiger partial charge in [-0.25, -0.2) is 8.78 Å². The van der Waals surface area contributed by atoms with Crippen molar-refractivity contribution in [1.29, 1.82) is 0 Å². The fourth-order valence-electron chi connectivity index (χ4n) is 1.91. The van der Waals surface area contributed by atoms with Gasteiger partial charge in [-0.2, -0.15) is 0 Å². The molecule has 0 amide bonds. The summed E-state index contributed by atoms with van der Waals surface area (Å²) >= 11 is 0. The van der Waals surface area contributed by atoms with Gasteiger partial charge in [-0.1, -0.05) is 6.07 Å². The van der Waals surface area contributed by atoms with E-state index in [-0.39, 0.29) is 11.3 Å². The summed E-state index contributed by atoms with van der Waals surface area (Å²) in [4.78, 5) is 1.97. The van der Waals surface area contributed by atoms with E-state index in [4.69, 9.17) is 10.8 Å². The second-order valence-electron chi connectivity index (χ2n) is 4.31. The smallest absolute Gasteiger partial charge is 0.289 e. The molecule has 0 aliphatic rings. The summed E-state index contributed by atoms with van der Waals surface area (Å²) in [5, 5.41) is 18.5. The third-order valence-electron chi connectivity index (χ3n) is 3.14. The molecule has 0 heterocycles. The SMILES string of the molecule is CCN(CC)c1ccc([C@@H](N)C(F)(F)CO)c(O)c1. The molecule has 0 aromatic heterocycles. The zero-order valence-electron chi connectivity index (χ0n) is 11.1. The van der Waals surface area contributed by atoms with Gasteiger partial charge in [-0.15, -0.1) is 0 Å². The van der Waals surface area contributed by atoms with Gasteiger partial charge in [-0.05, 0) is 19.9 Å². The maximum atomic E-state index is 13.3. The Kier molecular flexibility index (Phi) is 5.08. The van der Waals surface area contributed by atoms with E-state index in [9.17, 15) is 13.9 Å². The lowest BCUT2D eigenvalue weighted by Crippen LogP contribution is -2.36. The van der Waals surface area contributed by atoms with Crippen LogP contribution in [0.4, 0.5) is 14.5 Å². The van der Waals surface area contributed by atoms with Gasteiger partial charge in [0.15, 0.2) is 0 Å². The van der Waals surface area contributed by atoms with Crippen molar-refractivity contribution in [3.05, 3.63) is 23.8 Å². The van der Waals surface area contributed by atoms with E-state index in [0.29, 0.717) is 0 Å². The number of aliphatic hydroxyl groups excluding tert-OH is 1. The van der Waals surface area contributed by atoms with Crippen LogP contribution in [0.1, 0.15) is 25.5 Å². The highest BCUT2D eigenvalue weighted by atomic mass is 19.3. The third-order valence-corrected chi connectivity index (χ3v) is 3.14. The van der Waals surface area contributed by atoms with Gasteiger partial charge in [0.2, 0.25) is 0 Å². The highest BCUT2D eigenvalue weighted by Gasteiger charge is 2.38. The molecular weight excluding hydrogens is 254 g/mol. The summed E-state index contributed by atoms with van der Waals surface area (Å²) in [7, 11) is 0. The van der Waals surface area contributed by atoms with Crippen molar-refractivity contribution in [3.8, 4) is 5.75 Å². The minimum Gasteiger partial charge on any atom is -0.508 e. The fourth-order valence-corrected chi connectivity index (χ4v) is 1.91. The molecule has 1 atom stereocenters. The number of phenolic OH excluding ortho intramolecular Hbond substituents is 1. The molecule has 6 heteroatoms. The number of nitrogens with two attached hydrogens (primary N) is 1. The number of rotatable bonds is 6. The standard InChI is InChI=1S/C13H20F2N2O2/c1-3-17(4-2)9-5-6-10(11(19)7-9)12(16)13(14,15)8-18/h5-7,12,18-19H,3-4,8,16H2,1-2H3/t12-/m1/s1. The van der Waals surface area contributed by atoms with Crippen LogP contribution in [-0.4, -0.2) is 35.8 Å². The number of hydrogen-bond donors (Lipinski definition) is 3. The Labute approximate surface area is 111 Å². The molecule has 0 unspecified atom stereocenters. The molecule has 108 valence electrons. The van der Waals surface area contributed by atoms with Gasteiger partial charge >= 0.3 is 0 Å². The van der Waals surface area contributed by atoms with Crippen molar-refractivity contribution in [2.75, 3.05) is 24.6 Å². The highest BCUT2D eigenvalue weighted by Crippen LogP contribution is 2.35. The number of alkyl halides is 2. The summed E-state index contributed by atoms with van der Waals surface area (Å²) < 4.78 is 26.6. The maximum absolute atomic E-state index is 13.3. The molecular formula is C13H20F2N2O2. The van der Waals surface area contributed by atoms with Crippen molar-refractivity contribution in [1.82, 2.24) is 0 Å². The van der Waals surface area contributed by atoms with Crippen molar-refractivity contribution in [2.24, 2.45) is 5.73 Å². The number of aliphatic hydroxyl groups is 1. The predicted molar refractivity (Wildman–Crippen MR) is 70.6 cm³/mol. The molecule has 0 fully saturated rings. The Morgan fingerprint density at radius 3 is 2.32 bits per heavy atom. The zero-order valence-corrected chi connectivity index (χ0v) is 11.1. The lowest BCUT2D eigenvalue weighted by Gasteiger charge is -2.25. The van der Waals surface area contributed by atoms with Gasteiger partial charge in [0.05, 0.1) is 0 Å². The van der Waals surface area contributed by atoms with E-state index in [1.54, 1.807) is 6.07 Å². The van der Waals surface area contributed by atoms with Crippen LogP contribution in [0.2, 0.25) is 0 Å². The Hall–Kier alpha value is -1.40. The molecule has 0 aliphatic heterocycles. The summed E-state index contributed by atoms with van der Waals surface area (Å²) in [6.45, 7) is 4.05. The molecule has 4 N–H and O–H groups in total. The van der Waals surface area contributed by atoms with Crippen molar-refractivity contribution in [2.45, 2.75) is 25.8 Å². The van der Waals surface area contributed by atoms with E-state index in [1.807, 2.05) is 18.7 Å². The normalized spacial score (nSPS) is 13.4. The molecule has 19 heavy (non-hydrogen) atoms. The second-order valence-corrected chi connectivity index (χ2v) is 4.31. The average Bonchev–Trinajstić information content (AvgIpc) is 2.39. The fraction of sp³-hybridized carbons (Fsp3) is 0.538. The Balaban J connectivity index is 3.07. The van der Waals surface area contributed by atoms with Crippen LogP contribution >= 0.6 is 0 Å². The van der Waals surface area contributed by atoms with Crippen LogP contribution in [0, 0.1) is 0 Å². The van der Waals surface area contributed by atoms with Crippen LogP contribution in [0.3, 0.4) is 0 Å². The van der Waals surface area contributed by atoms with Crippen molar-refractivity contribution in [3.63, 3.8) is 0 Å². The van der Waals surface area contributed by atoms with Crippen molar-refractivity contribution < 1.29 is 19.0 Å². The van der Waals surface area contributed by atoms with Gasteiger partial charge < -0.3 is 20.8 Å². The largest absolute Gasteiger partial charge is 0.508 e. The number of halogens is 2. The van der Waals surface area contributed by atoms with E-state index < -0.39 is 18.6 Å². The first-order valence-corrected chi connectivity index (χ1v) is 6.19. The lowest BCUT2D eigenvalue weighted by molar-refractivity contribution is -0.0715. The summed E-state index contributed by atoms with van der Waals surface area (Å²) in [5.41, 5.74) is 6.06. The zero-order chi connectivity index (χ0) is 14.6. The van der Waals surface area contributed by atoms with E-state index in [2.05, 4.69) is 0 Å². The van der Waals surface area contributed by atoms with Crippen LogP contribution in [0.5, 0.6) is 5.75 Å². The number of phenols is 1. The molecule has 0 saturated carbocycles. The third kappa shape index (κ3) is 3.33. The Bertz CT molecular complexity index is 423. The quantitative estimate of drug-likeness (QED) is 0.740. The molecule has 1 aromatic carbocycles. The highest BCUT2D eigenvalue weighted by molar-refractivity contribution is 5.54. The first kappa shape index (κ1) is 15.7. The number of nitrogens with zero attached hydrogens (tertiary/aromatic N) is 1. The van der Waals surface area contributed by atoms with Crippen LogP contribution < -0.4 is 10.6 Å². The Morgan fingerprint density at radius 2 is 1.89 bits per heavy atom. The molecule has 0 radical (unpaired) electrons. The summed E-state index contributed by atoms with van der Waals surface area (Å²) in [6, 6.07) is 2.69. The molecule has 0 bridgehead atoms. The first-order valence-electron chi connectivity index (χ1n) is 6.19. The minimum atomic E-state index is -3.46. The van der Waals surface area contributed by atoms with Gasteiger partial charge in [0.1, 0.15) is 18.4 Å². The average molecular weight is 274 g/mol. The summed E-state index contributed by atoms with van der Waals surface area (Å²) in [6.07, 6.45) is 0. The minimum absolute atomic E-state index is 0.0741. The predicted octanol–water partition coefficient (Wildman–Crippen LogP) is 1.87. The molecule has 0 aliphatic carbocycles. The van der Waals surface area contributed by atoms with Gasteiger partial charge in [0.25, 0.3) is 5.92 Å². The summed E-state index contributed by atoms with van der Waals surface area (Å²) in [5.74, 6) is -3.75. The van der Waals surface area contributed by atoms with E-state index >= 15 is 0 Å². The second kappa shape index (κ2) is 6.16. The van der Waals surface area contributed by atoms with Gasteiger partial charge in [0, 0.05) is 30.4 Å². The van der Waals surface area contributed by atoms with Crippen molar-refractivity contribution >= 4 is 5.69 Å². The van der Waals surface area contributed by atoms with E-state index in [1.165, 1.54) is 12.1 Å². The molecule has 4 nitrogen and oxygen atoms in total. The van der Waals surface area contributed by atoms with Crippen LogP contribution in [-0.2, 0) is 0 Å². The Morgan fingerprint density at radius 1 is 1.32 bits per heavy atom. The molecule has 0 saturated heterocycles. The number of anilines is 1. The topological polar surface area (TPSA) is 69.7 Å². The van der Waals surface area contributed by atoms with Crippen LogP contribution in [0.25, 0.3) is 0 Å².